The minimum atomic E-state index is -0.874. The molecule has 7 heteroatoms. The largest absolute Gasteiger partial charge is 0.441 e. The third-order valence-corrected chi connectivity index (χ3v) is 2.52. The van der Waals surface area contributed by atoms with Gasteiger partial charge in [0.15, 0.2) is 11.5 Å². The topological polar surface area (TPSA) is 110 Å². The fourth-order valence-corrected chi connectivity index (χ4v) is 1.68. The number of amides is 3. The predicted molar refractivity (Wildman–Crippen MR) is 69.6 cm³/mol. The van der Waals surface area contributed by atoms with Crippen LogP contribution < -0.4 is 16.4 Å². The number of primary amides is 1. The molecular formula is C12H14N4O3. The molecule has 0 saturated heterocycles. The Morgan fingerprint density at radius 3 is 2.84 bits per heavy atom. The van der Waals surface area contributed by atoms with Crippen LogP contribution in [0.3, 0.4) is 0 Å². The van der Waals surface area contributed by atoms with Gasteiger partial charge in [0.1, 0.15) is 11.6 Å². The standard InChI is InChI=1S/C12H14N4O3/c1-6(11(17)16-12(13)18)14-8-3-4-10-9(5-8)15-7(2)19-10/h3-6,14H,1-2H3,(H3,13,16,17,18). The summed E-state index contributed by atoms with van der Waals surface area (Å²) in [6, 6.07) is 3.82. The number of nitrogens with two attached hydrogens (primary N) is 1. The van der Waals surface area contributed by atoms with Crippen LogP contribution in [0.15, 0.2) is 22.6 Å². The van der Waals surface area contributed by atoms with Crippen LogP contribution in [0.4, 0.5) is 10.5 Å². The van der Waals surface area contributed by atoms with Crippen molar-refractivity contribution in [1.29, 1.82) is 0 Å². The van der Waals surface area contributed by atoms with E-state index in [9.17, 15) is 9.59 Å². The number of nitrogens with one attached hydrogen (secondary N) is 2. The van der Waals surface area contributed by atoms with Crippen molar-refractivity contribution in [2.45, 2.75) is 19.9 Å². The van der Waals surface area contributed by atoms with E-state index >= 15 is 0 Å². The van der Waals surface area contributed by atoms with Crippen LogP contribution in [0, 0.1) is 6.92 Å². The first kappa shape index (κ1) is 12.9. The summed E-state index contributed by atoms with van der Waals surface area (Å²) in [7, 11) is 0. The summed E-state index contributed by atoms with van der Waals surface area (Å²) in [5.74, 6) is 0.0793. The fourth-order valence-electron chi connectivity index (χ4n) is 1.68. The third kappa shape index (κ3) is 3.01. The predicted octanol–water partition coefficient (Wildman–Crippen LogP) is 1.13. The van der Waals surface area contributed by atoms with Crippen molar-refractivity contribution in [3.63, 3.8) is 0 Å². The Balaban J connectivity index is 2.12. The monoisotopic (exact) mass is 262 g/mol. The number of hydrogen-bond acceptors (Lipinski definition) is 5. The Bertz CT molecular complexity index is 635. The van der Waals surface area contributed by atoms with Gasteiger partial charge in [-0.1, -0.05) is 0 Å². The molecule has 1 unspecified atom stereocenters. The zero-order valence-electron chi connectivity index (χ0n) is 10.6. The van der Waals surface area contributed by atoms with Gasteiger partial charge < -0.3 is 15.5 Å². The average molecular weight is 262 g/mol. The van der Waals surface area contributed by atoms with Crippen LogP contribution in [0.25, 0.3) is 11.1 Å². The highest BCUT2D eigenvalue weighted by molar-refractivity contribution is 5.97. The summed E-state index contributed by atoms with van der Waals surface area (Å²) < 4.78 is 5.35. The lowest BCUT2D eigenvalue weighted by atomic mass is 10.2. The number of carbonyl (C=O) groups is 2. The molecule has 1 atom stereocenters. The quantitative estimate of drug-likeness (QED) is 0.768. The molecule has 4 N–H and O–H groups in total. The number of benzene rings is 1. The van der Waals surface area contributed by atoms with E-state index in [1.165, 1.54) is 0 Å². The van der Waals surface area contributed by atoms with Gasteiger partial charge in [0, 0.05) is 12.6 Å². The van der Waals surface area contributed by atoms with Gasteiger partial charge in [-0.05, 0) is 25.1 Å². The highest BCUT2D eigenvalue weighted by atomic mass is 16.3. The van der Waals surface area contributed by atoms with Gasteiger partial charge in [0.2, 0.25) is 5.91 Å². The van der Waals surface area contributed by atoms with Crippen molar-refractivity contribution in [3.8, 4) is 0 Å². The van der Waals surface area contributed by atoms with Crippen LogP contribution in [0.2, 0.25) is 0 Å². The normalized spacial score (nSPS) is 12.1. The highest BCUT2D eigenvalue weighted by Gasteiger charge is 2.14. The first-order chi connectivity index (χ1) is 8.95. The van der Waals surface area contributed by atoms with Crippen LogP contribution in [0.1, 0.15) is 12.8 Å². The number of imide groups is 1. The molecule has 0 aliphatic heterocycles. The van der Waals surface area contributed by atoms with Gasteiger partial charge in [-0.3, -0.25) is 10.1 Å². The molecule has 0 aliphatic carbocycles. The van der Waals surface area contributed by atoms with Crippen molar-refractivity contribution in [3.05, 3.63) is 24.1 Å². The molecule has 1 aromatic heterocycles. The van der Waals surface area contributed by atoms with E-state index in [1.54, 1.807) is 32.0 Å². The molecule has 1 heterocycles. The lowest BCUT2D eigenvalue weighted by Crippen LogP contribution is -2.43. The number of rotatable bonds is 3. The van der Waals surface area contributed by atoms with Gasteiger partial charge in [0.05, 0.1) is 0 Å². The molecular weight excluding hydrogens is 248 g/mol. The SMILES string of the molecule is Cc1nc2cc(NC(C)C(=O)NC(N)=O)ccc2o1. The van der Waals surface area contributed by atoms with Crippen molar-refractivity contribution in [2.24, 2.45) is 5.73 Å². The van der Waals surface area contributed by atoms with Crippen LogP contribution in [-0.2, 0) is 4.79 Å². The van der Waals surface area contributed by atoms with Crippen LogP contribution in [-0.4, -0.2) is 23.0 Å². The third-order valence-electron chi connectivity index (χ3n) is 2.52. The van der Waals surface area contributed by atoms with E-state index in [0.717, 1.165) is 0 Å². The number of aryl methyl sites for hydroxylation is 1. The maximum atomic E-state index is 11.5. The second-order valence-corrected chi connectivity index (χ2v) is 4.13. The van der Waals surface area contributed by atoms with E-state index in [0.29, 0.717) is 22.7 Å². The Hall–Kier alpha value is -2.57. The number of anilines is 1. The summed E-state index contributed by atoms with van der Waals surface area (Å²) in [5.41, 5.74) is 6.96. The summed E-state index contributed by atoms with van der Waals surface area (Å²) >= 11 is 0. The fraction of sp³-hybridized carbons (Fsp3) is 0.250. The van der Waals surface area contributed by atoms with Crippen molar-refractivity contribution >= 4 is 28.7 Å². The first-order valence-corrected chi connectivity index (χ1v) is 5.70. The highest BCUT2D eigenvalue weighted by Crippen LogP contribution is 2.20. The summed E-state index contributed by atoms with van der Waals surface area (Å²) in [6.07, 6.45) is 0. The smallest absolute Gasteiger partial charge is 0.318 e. The number of carbonyl (C=O) groups excluding carboxylic acids is 2. The number of nitrogens with zero attached hydrogens (tertiary/aromatic N) is 1. The van der Waals surface area contributed by atoms with E-state index in [-0.39, 0.29) is 0 Å². The second kappa shape index (κ2) is 4.97. The average Bonchev–Trinajstić information content (AvgIpc) is 2.67. The van der Waals surface area contributed by atoms with Gasteiger partial charge in [0.25, 0.3) is 0 Å². The number of hydrogen-bond donors (Lipinski definition) is 3. The molecule has 0 spiro atoms. The molecule has 19 heavy (non-hydrogen) atoms. The molecule has 0 bridgehead atoms. The summed E-state index contributed by atoms with van der Waals surface area (Å²) in [4.78, 5) is 26.3. The molecule has 0 radical (unpaired) electrons. The Morgan fingerprint density at radius 2 is 2.16 bits per heavy atom. The lowest BCUT2D eigenvalue weighted by Gasteiger charge is -2.13. The van der Waals surface area contributed by atoms with E-state index in [2.05, 4.69) is 10.3 Å². The Kier molecular flexibility index (Phi) is 3.37. The number of fused-ring (bicyclic) bond motifs is 1. The maximum absolute atomic E-state index is 11.5. The maximum Gasteiger partial charge on any atom is 0.318 e. The second-order valence-electron chi connectivity index (χ2n) is 4.13. The number of aromatic nitrogens is 1. The van der Waals surface area contributed by atoms with E-state index in [4.69, 9.17) is 10.2 Å². The molecule has 100 valence electrons. The van der Waals surface area contributed by atoms with Crippen LogP contribution in [0.5, 0.6) is 0 Å². The molecule has 0 aliphatic rings. The first-order valence-electron chi connectivity index (χ1n) is 5.70. The minimum Gasteiger partial charge on any atom is -0.441 e. The molecule has 7 nitrogen and oxygen atoms in total. The van der Waals surface area contributed by atoms with Gasteiger partial charge in [-0.25, -0.2) is 9.78 Å². The zero-order valence-corrected chi connectivity index (χ0v) is 10.6. The van der Waals surface area contributed by atoms with Crippen molar-refractivity contribution in [1.82, 2.24) is 10.3 Å². The number of oxazole rings is 1. The zero-order chi connectivity index (χ0) is 14.0. The molecule has 0 saturated carbocycles. The molecule has 3 amide bonds. The van der Waals surface area contributed by atoms with E-state index < -0.39 is 18.0 Å². The van der Waals surface area contributed by atoms with Gasteiger partial charge >= 0.3 is 6.03 Å². The van der Waals surface area contributed by atoms with Crippen molar-refractivity contribution < 1.29 is 14.0 Å². The molecule has 0 fully saturated rings. The summed E-state index contributed by atoms with van der Waals surface area (Å²) in [6.45, 7) is 3.38. The molecule has 2 rings (SSSR count). The Morgan fingerprint density at radius 1 is 1.42 bits per heavy atom. The lowest BCUT2D eigenvalue weighted by molar-refractivity contribution is -0.120. The molecule has 2 aromatic rings. The van der Waals surface area contributed by atoms with Gasteiger partial charge in [-0.2, -0.15) is 0 Å². The minimum absolute atomic E-state index is 0.496. The Labute approximate surface area is 109 Å². The molecule has 1 aromatic carbocycles. The van der Waals surface area contributed by atoms with E-state index in [1.807, 2.05) is 5.32 Å². The van der Waals surface area contributed by atoms with Gasteiger partial charge in [-0.15, -0.1) is 0 Å². The summed E-state index contributed by atoms with van der Waals surface area (Å²) in [5, 5.41) is 4.95. The van der Waals surface area contributed by atoms with Crippen molar-refractivity contribution in [2.75, 3.05) is 5.32 Å². The number of urea groups is 1. The van der Waals surface area contributed by atoms with Crippen LogP contribution >= 0.6 is 0 Å².